The third-order valence-corrected chi connectivity index (χ3v) is 1.86. The summed E-state index contributed by atoms with van der Waals surface area (Å²) in [5, 5.41) is 3.87. The van der Waals surface area contributed by atoms with E-state index in [0.29, 0.717) is 6.61 Å². The molecule has 0 aliphatic carbocycles. The van der Waals surface area contributed by atoms with Crippen molar-refractivity contribution in [2.45, 2.75) is 26.2 Å². The first-order valence-corrected chi connectivity index (χ1v) is 5.05. The van der Waals surface area contributed by atoms with E-state index in [1.165, 1.54) is 12.8 Å². The van der Waals surface area contributed by atoms with Crippen LogP contribution in [0, 0.1) is 6.07 Å². The highest BCUT2D eigenvalue weighted by Gasteiger charge is 1.86. The Kier molecular flexibility index (Phi) is 5.48. The monoisotopic (exact) mass is 190 g/mol. The van der Waals surface area contributed by atoms with E-state index in [2.05, 4.69) is 18.1 Å². The molecule has 1 radical (unpaired) electrons. The SMILES string of the molecule is CCCCCON=Cc1cc[c]cc1. The number of oxime groups is 1. The van der Waals surface area contributed by atoms with Gasteiger partial charge in [0.1, 0.15) is 6.61 Å². The number of unbranched alkanes of at least 4 members (excludes halogenated alkanes) is 2. The normalized spacial score (nSPS) is 10.6. The van der Waals surface area contributed by atoms with Gasteiger partial charge in [-0.1, -0.05) is 49.2 Å². The molecule has 0 unspecified atom stereocenters. The lowest BCUT2D eigenvalue weighted by Gasteiger charge is -1.96. The van der Waals surface area contributed by atoms with Crippen LogP contribution < -0.4 is 0 Å². The number of rotatable bonds is 6. The summed E-state index contributed by atoms with van der Waals surface area (Å²) in [6, 6.07) is 10.6. The summed E-state index contributed by atoms with van der Waals surface area (Å²) in [4.78, 5) is 5.10. The van der Waals surface area contributed by atoms with Crippen molar-refractivity contribution in [3.8, 4) is 0 Å². The summed E-state index contributed by atoms with van der Waals surface area (Å²) in [6.07, 6.45) is 5.22. The van der Waals surface area contributed by atoms with Crippen LogP contribution in [0.3, 0.4) is 0 Å². The predicted octanol–water partition coefficient (Wildman–Crippen LogP) is 3.03. The van der Waals surface area contributed by atoms with Gasteiger partial charge in [0.15, 0.2) is 0 Å². The van der Waals surface area contributed by atoms with Gasteiger partial charge in [0, 0.05) is 0 Å². The van der Waals surface area contributed by atoms with Crippen LogP contribution >= 0.6 is 0 Å². The molecule has 0 aromatic heterocycles. The van der Waals surface area contributed by atoms with Crippen LogP contribution in [0.5, 0.6) is 0 Å². The highest BCUT2D eigenvalue weighted by atomic mass is 16.6. The summed E-state index contributed by atoms with van der Waals surface area (Å²) in [5.41, 5.74) is 1.04. The minimum Gasteiger partial charge on any atom is -0.396 e. The van der Waals surface area contributed by atoms with Crippen molar-refractivity contribution in [3.63, 3.8) is 0 Å². The number of hydrogen-bond donors (Lipinski definition) is 0. The van der Waals surface area contributed by atoms with Crippen molar-refractivity contribution < 1.29 is 4.84 Å². The number of nitrogens with zero attached hydrogens (tertiary/aromatic N) is 1. The van der Waals surface area contributed by atoms with Crippen LogP contribution in [-0.2, 0) is 4.84 Å². The van der Waals surface area contributed by atoms with E-state index in [9.17, 15) is 0 Å². The molecule has 1 aromatic rings. The van der Waals surface area contributed by atoms with E-state index in [4.69, 9.17) is 4.84 Å². The van der Waals surface area contributed by atoms with Crippen LogP contribution in [-0.4, -0.2) is 12.8 Å². The average molecular weight is 190 g/mol. The van der Waals surface area contributed by atoms with Crippen molar-refractivity contribution >= 4 is 6.21 Å². The smallest absolute Gasteiger partial charge is 0.117 e. The molecule has 2 heteroatoms. The molecule has 14 heavy (non-hydrogen) atoms. The first-order chi connectivity index (χ1) is 6.93. The minimum atomic E-state index is 0.712. The Morgan fingerprint density at radius 2 is 2.14 bits per heavy atom. The van der Waals surface area contributed by atoms with Crippen LogP contribution in [0.2, 0.25) is 0 Å². The van der Waals surface area contributed by atoms with Crippen LogP contribution in [0.25, 0.3) is 0 Å². The van der Waals surface area contributed by atoms with Gasteiger partial charge >= 0.3 is 0 Å². The van der Waals surface area contributed by atoms with E-state index >= 15 is 0 Å². The topological polar surface area (TPSA) is 21.6 Å². The Balaban J connectivity index is 2.15. The molecule has 0 spiro atoms. The van der Waals surface area contributed by atoms with Crippen molar-refractivity contribution in [2.75, 3.05) is 6.61 Å². The summed E-state index contributed by atoms with van der Waals surface area (Å²) < 4.78 is 0. The average Bonchev–Trinajstić information content (AvgIpc) is 2.25. The van der Waals surface area contributed by atoms with Crippen molar-refractivity contribution in [3.05, 3.63) is 35.9 Å². The minimum absolute atomic E-state index is 0.712. The van der Waals surface area contributed by atoms with Gasteiger partial charge in [-0.3, -0.25) is 0 Å². The first-order valence-electron chi connectivity index (χ1n) is 5.05. The largest absolute Gasteiger partial charge is 0.396 e. The summed E-state index contributed by atoms with van der Waals surface area (Å²) in [6.45, 7) is 2.88. The fraction of sp³-hybridized carbons (Fsp3) is 0.417. The molecule has 0 aliphatic rings. The first kappa shape index (κ1) is 10.8. The Morgan fingerprint density at radius 1 is 1.36 bits per heavy atom. The van der Waals surface area contributed by atoms with Crippen molar-refractivity contribution in [1.82, 2.24) is 0 Å². The Bertz CT molecular complexity index is 256. The van der Waals surface area contributed by atoms with E-state index in [-0.39, 0.29) is 0 Å². The molecule has 0 bridgehead atoms. The maximum atomic E-state index is 5.10. The Morgan fingerprint density at radius 3 is 2.86 bits per heavy atom. The fourth-order valence-electron chi connectivity index (χ4n) is 1.05. The second-order valence-corrected chi connectivity index (χ2v) is 3.11. The molecule has 0 saturated carbocycles. The highest BCUT2D eigenvalue weighted by molar-refractivity contribution is 5.78. The summed E-state index contributed by atoms with van der Waals surface area (Å²) in [7, 11) is 0. The predicted molar refractivity (Wildman–Crippen MR) is 58.3 cm³/mol. The van der Waals surface area contributed by atoms with Gasteiger partial charge in [-0.25, -0.2) is 0 Å². The van der Waals surface area contributed by atoms with Gasteiger partial charge in [-0.15, -0.1) is 0 Å². The quantitative estimate of drug-likeness (QED) is 0.384. The third kappa shape index (κ3) is 4.65. The lowest BCUT2D eigenvalue weighted by Crippen LogP contribution is -1.88. The van der Waals surface area contributed by atoms with Crippen LogP contribution in [0.15, 0.2) is 29.4 Å². The molecule has 0 N–H and O–H groups in total. The number of benzene rings is 1. The molecular formula is C12H16NO. The zero-order valence-electron chi connectivity index (χ0n) is 8.57. The van der Waals surface area contributed by atoms with E-state index < -0.39 is 0 Å². The molecule has 0 aliphatic heterocycles. The second kappa shape index (κ2) is 7.13. The van der Waals surface area contributed by atoms with Gasteiger partial charge in [0.25, 0.3) is 0 Å². The van der Waals surface area contributed by atoms with E-state index in [0.717, 1.165) is 12.0 Å². The van der Waals surface area contributed by atoms with Gasteiger partial charge < -0.3 is 4.84 Å². The van der Waals surface area contributed by atoms with Gasteiger partial charge in [0.05, 0.1) is 6.21 Å². The van der Waals surface area contributed by atoms with Gasteiger partial charge in [0.2, 0.25) is 0 Å². The summed E-state index contributed by atoms with van der Waals surface area (Å²) in [5.74, 6) is 0. The molecule has 1 aromatic carbocycles. The molecule has 1 rings (SSSR count). The zero-order chi connectivity index (χ0) is 10.1. The maximum absolute atomic E-state index is 5.10. The van der Waals surface area contributed by atoms with E-state index in [1.807, 2.05) is 24.3 Å². The van der Waals surface area contributed by atoms with Gasteiger partial charge in [-0.2, -0.15) is 0 Å². The summed E-state index contributed by atoms with van der Waals surface area (Å²) >= 11 is 0. The lowest BCUT2D eigenvalue weighted by atomic mass is 10.2. The lowest BCUT2D eigenvalue weighted by molar-refractivity contribution is 0.141. The van der Waals surface area contributed by atoms with Crippen molar-refractivity contribution in [2.24, 2.45) is 5.16 Å². The van der Waals surface area contributed by atoms with Crippen LogP contribution in [0.4, 0.5) is 0 Å². The van der Waals surface area contributed by atoms with Gasteiger partial charge in [-0.05, 0) is 18.1 Å². The standard InChI is InChI=1S/C12H16NO/c1-2-3-7-10-14-13-11-12-8-5-4-6-9-12/h5-6,8-9,11H,2-3,7,10H2,1H3. The molecule has 0 heterocycles. The third-order valence-electron chi connectivity index (χ3n) is 1.86. The van der Waals surface area contributed by atoms with Crippen molar-refractivity contribution in [1.29, 1.82) is 0 Å². The maximum Gasteiger partial charge on any atom is 0.117 e. The molecule has 75 valence electrons. The Labute approximate surface area is 85.6 Å². The molecule has 0 amide bonds. The molecule has 0 fully saturated rings. The van der Waals surface area contributed by atoms with Crippen LogP contribution in [0.1, 0.15) is 31.7 Å². The zero-order valence-corrected chi connectivity index (χ0v) is 8.57. The van der Waals surface area contributed by atoms with E-state index in [1.54, 1.807) is 6.21 Å². The molecule has 0 saturated heterocycles. The fourth-order valence-corrected chi connectivity index (χ4v) is 1.05. The molecular weight excluding hydrogens is 174 g/mol. The second-order valence-electron chi connectivity index (χ2n) is 3.11. The Hall–Kier alpha value is -1.31. The molecule has 0 atom stereocenters. The molecule has 2 nitrogen and oxygen atoms in total. The highest BCUT2D eigenvalue weighted by Crippen LogP contribution is 1.96. The number of hydrogen-bond acceptors (Lipinski definition) is 2.